The minimum atomic E-state index is -0.499. The largest absolute Gasteiger partial charge is 0.508 e. The van der Waals surface area contributed by atoms with Gasteiger partial charge in [-0.05, 0) is 61.6 Å². The van der Waals surface area contributed by atoms with Crippen molar-refractivity contribution >= 4 is 45.0 Å². The van der Waals surface area contributed by atoms with Crippen molar-refractivity contribution in [2.75, 3.05) is 63.2 Å². The van der Waals surface area contributed by atoms with Gasteiger partial charge in [0.2, 0.25) is 5.95 Å². The Morgan fingerprint density at radius 3 is 2.65 bits per heavy atom. The number of rotatable bonds is 4. The Morgan fingerprint density at radius 2 is 1.84 bits per heavy atom. The maximum atomic E-state index is 16.6. The molecule has 37 heavy (non-hydrogen) atoms. The van der Waals surface area contributed by atoms with Crippen molar-refractivity contribution < 1.29 is 9.50 Å². The molecule has 0 aliphatic carbocycles. The van der Waals surface area contributed by atoms with E-state index in [0.29, 0.717) is 28.8 Å². The van der Waals surface area contributed by atoms with Crippen LogP contribution in [0.25, 0.3) is 32.8 Å². The van der Waals surface area contributed by atoms with E-state index in [1.54, 1.807) is 18.2 Å². The van der Waals surface area contributed by atoms with Gasteiger partial charge in [-0.3, -0.25) is 0 Å². The molecular formula is C28H30ClFN6O. The maximum Gasteiger partial charge on any atom is 0.228 e. The van der Waals surface area contributed by atoms with Gasteiger partial charge in [0.25, 0.3) is 0 Å². The van der Waals surface area contributed by atoms with E-state index in [4.69, 9.17) is 21.6 Å². The third-order valence-corrected chi connectivity index (χ3v) is 7.78. The molecule has 0 radical (unpaired) electrons. The second kappa shape index (κ2) is 9.59. The van der Waals surface area contributed by atoms with Gasteiger partial charge < -0.3 is 25.1 Å². The molecule has 0 atom stereocenters. The number of aromatic hydroxyl groups is 1. The van der Waals surface area contributed by atoms with E-state index in [9.17, 15) is 5.11 Å². The Hall–Kier alpha value is -3.20. The van der Waals surface area contributed by atoms with Gasteiger partial charge in [0.1, 0.15) is 17.1 Å². The molecule has 3 aromatic carbocycles. The molecule has 2 aliphatic heterocycles. The van der Waals surface area contributed by atoms with Gasteiger partial charge in [-0.2, -0.15) is 4.98 Å². The predicted octanol–water partition coefficient (Wildman–Crippen LogP) is 4.50. The van der Waals surface area contributed by atoms with Crippen molar-refractivity contribution in [3.63, 3.8) is 0 Å². The number of anilines is 2. The normalized spacial score (nSPS) is 17.0. The monoisotopic (exact) mass is 520 g/mol. The SMILES string of the molecule is CN(C)C1CN(c2nc(N3CCCNCC3)c3cc(Cl)c(-c4cc(O)cc5ccccc45)c(F)c3n2)C1. The van der Waals surface area contributed by atoms with Crippen LogP contribution in [0.3, 0.4) is 0 Å². The van der Waals surface area contributed by atoms with Gasteiger partial charge >= 0.3 is 0 Å². The fraction of sp³-hybridized carbons (Fsp3) is 0.357. The van der Waals surface area contributed by atoms with Crippen molar-refractivity contribution in [1.82, 2.24) is 20.2 Å². The number of hydrogen-bond donors (Lipinski definition) is 2. The molecule has 2 aliphatic rings. The summed E-state index contributed by atoms with van der Waals surface area (Å²) in [4.78, 5) is 16.2. The van der Waals surface area contributed by atoms with Gasteiger partial charge in [0, 0.05) is 49.7 Å². The molecule has 0 saturated carbocycles. The molecule has 6 rings (SSSR count). The van der Waals surface area contributed by atoms with Crippen LogP contribution in [0.15, 0.2) is 42.5 Å². The summed E-state index contributed by atoms with van der Waals surface area (Å²) < 4.78 is 16.6. The molecule has 0 bridgehead atoms. The summed E-state index contributed by atoms with van der Waals surface area (Å²) >= 11 is 6.81. The molecule has 2 fully saturated rings. The number of halogens is 2. The number of nitrogens with zero attached hydrogens (tertiary/aromatic N) is 5. The van der Waals surface area contributed by atoms with Crippen LogP contribution in [0.5, 0.6) is 5.75 Å². The van der Waals surface area contributed by atoms with Gasteiger partial charge in [0.05, 0.1) is 5.02 Å². The predicted molar refractivity (Wildman–Crippen MR) is 149 cm³/mol. The van der Waals surface area contributed by atoms with Crippen LogP contribution in [0, 0.1) is 5.82 Å². The Balaban J connectivity index is 1.56. The minimum absolute atomic E-state index is 0.0562. The summed E-state index contributed by atoms with van der Waals surface area (Å²) in [7, 11) is 4.12. The van der Waals surface area contributed by atoms with Crippen molar-refractivity contribution in [2.24, 2.45) is 0 Å². The quantitative estimate of drug-likeness (QED) is 0.411. The van der Waals surface area contributed by atoms with Crippen LogP contribution < -0.4 is 15.1 Å². The Morgan fingerprint density at radius 1 is 1.03 bits per heavy atom. The third kappa shape index (κ3) is 4.33. The maximum absolute atomic E-state index is 16.6. The fourth-order valence-electron chi connectivity index (χ4n) is 5.30. The average molecular weight is 521 g/mol. The molecule has 3 heterocycles. The lowest BCUT2D eigenvalue weighted by Gasteiger charge is -2.43. The van der Waals surface area contributed by atoms with E-state index in [2.05, 4.69) is 34.1 Å². The van der Waals surface area contributed by atoms with E-state index in [1.165, 1.54) is 0 Å². The first-order valence-electron chi connectivity index (χ1n) is 12.7. The zero-order chi connectivity index (χ0) is 25.7. The zero-order valence-electron chi connectivity index (χ0n) is 21.0. The summed E-state index contributed by atoms with van der Waals surface area (Å²) in [5, 5.41) is 16.3. The molecule has 192 valence electrons. The second-order valence-electron chi connectivity index (χ2n) is 10.1. The summed E-state index contributed by atoms with van der Waals surface area (Å²) in [6, 6.07) is 13.0. The van der Waals surface area contributed by atoms with Gasteiger partial charge in [0.15, 0.2) is 5.82 Å². The van der Waals surface area contributed by atoms with Crippen LogP contribution in [0.1, 0.15) is 6.42 Å². The van der Waals surface area contributed by atoms with Crippen molar-refractivity contribution in [1.29, 1.82) is 0 Å². The van der Waals surface area contributed by atoms with Crippen LogP contribution in [0.2, 0.25) is 5.02 Å². The van der Waals surface area contributed by atoms with Gasteiger partial charge in [-0.25, -0.2) is 9.37 Å². The highest BCUT2D eigenvalue weighted by atomic mass is 35.5. The van der Waals surface area contributed by atoms with Crippen molar-refractivity contribution in [3.8, 4) is 16.9 Å². The molecule has 1 aromatic heterocycles. The molecule has 2 saturated heterocycles. The van der Waals surface area contributed by atoms with E-state index in [1.807, 2.05) is 24.3 Å². The van der Waals surface area contributed by atoms with Crippen molar-refractivity contribution in [2.45, 2.75) is 12.5 Å². The highest BCUT2D eigenvalue weighted by molar-refractivity contribution is 6.35. The number of hydrogen-bond acceptors (Lipinski definition) is 7. The summed E-state index contributed by atoms with van der Waals surface area (Å²) in [6.07, 6.45) is 0.969. The Labute approximate surface area is 220 Å². The smallest absolute Gasteiger partial charge is 0.228 e. The lowest BCUT2D eigenvalue weighted by atomic mass is 9.96. The summed E-state index contributed by atoms with van der Waals surface area (Å²) in [5.41, 5.74) is 1.03. The summed E-state index contributed by atoms with van der Waals surface area (Å²) in [6.45, 7) is 4.93. The highest BCUT2D eigenvalue weighted by Crippen LogP contribution is 2.42. The average Bonchev–Trinajstić information content (AvgIpc) is 3.12. The molecule has 7 nitrogen and oxygen atoms in total. The molecule has 9 heteroatoms. The first kappa shape index (κ1) is 24.2. The molecule has 0 amide bonds. The minimum Gasteiger partial charge on any atom is -0.508 e. The lowest BCUT2D eigenvalue weighted by Crippen LogP contribution is -2.58. The summed E-state index contributed by atoms with van der Waals surface area (Å²) in [5.74, 6) is 0.803. The molecule has 0 unspecified atom stereocenters. The molecular weight excluding hydrogens is 491 g/mol. The molecule has 4 aromatic rings. The van der Waals surface area contributed by atoms with Gasteiger partial charge in [-0.15, -0.1) is 0 Å². The first-order valence-corrected chi connectivity index (χ1v) is 13.1. The third-order valence-electron chi connectivity index (χ3n) is 7.48. The Kier molecular flexibility index (Phi) is 6.26. The van der Waals surface area contributed by atoms with E-state index in [-0.39, 0.29) is 21.9 Å². The van der Waals surface area contributed by atoms with Crippen LogP contribution in [0.4, 0.5) is 16.2 Å². The number of aromatic nitrogens is 2. The van der Waals surface area contributed by atoms with Gasteiger partial charge in [-0.1, -0.05) is 35.9 Å². The highest BCUT2D eigenvalue weighted by Gasteiger charge is 2.32. The van der Waals surface area contributed by atoms with Crippen LogP contribution >= 0.6 is 11.6 Å². The van der Waals surface area contributed by atoms with Crippen molar-refractivity contribution in [3.05, 3.63) is 53.3 Å². The van der Waals surface area contributed by atoms with Crippen LogP contribution in [-0.2, 0) is 0 Å². The fourth-order valence-corrected chi connectivity index (χ4v) is 5.60. The Bertz CT molecular complexity index is 1480. The van der Waals surface area contributed by atoms with E-state index in [0.717, 1.165) is 56.5 Å². The number of phenols is 1. The number of phenolic OH excluding ortho intramolecular Hbond substituents is 1. The standard InChI is InChI=1S/C28H30ClFN6O/c1-34(2)18-15-36(16-18)28-32-26-22(27(33-28)35-10-5-8-31-9-11-35)14-23(29)24(25(26)30)21-13-19(37)12-17-6-3-4-7-20(17)21/h3-4,6-7,12-14,18,31,37H,5,8-11,15-16H2,1-2H3. The number of likely N-dealkylation sites (N-methyl/N-ethyl adjacent to an activating group) is 1. The van der Waals surface area contributed by atoms with E-state index < -0.39 is 5.82 Å². The first-order chi connectivity index (χ1) is 17.9. The lowest BCUT2D eigenvalue weighted by molar-refractivity contribution is 0.245. The molecule has 0 spiro atoms. The molecule has 2 N–H and O–H groups in total. The topological polar surface area (TPSA) is 67.8 Å². The number of benzene rings is 3. The van der Waals surface area contributed by atoms with Crippen LogP contribution in [-0.4, -0.2) is 79.4 Å². The number of fused-ring (bicyclic) bond motifs is 2. The second-order valence-corrected chi connectivity index (χ2v) is 10.5. The van der Waals surface area contributed by atoms with E-state index >= 15 is 4.39 Å². The zero-order valence-corrected chi connectivity index (χ0v) is 21.8. The number of nitrogens with one attached hydrogen (secondary N) is 1.